The van der Waals surface area contributed by atoms with E-state index in [9.17, 15) is 19.2 Å². The number of nitrogens with two attached hydrogens (primary N) is 2. The molecule has 8 N–H and O–H groups in total. The van der Waals surface area contributed by atoms with Crippen LogP contribution in [0.4, 0.5) is 0 Å². The number of hydrogen-bond donors (Lipinski definition) is 6. The largest absolute Gasteiger partial charge is 0.383 e. The van der Waals surface area contributed by atoms with Crippen molar-refractivity contribution in [2.45, 2.75) is 0 Å². The van der Waals surface area contributed by atoms with Crippen LogP contribution in [0, 0.1) is 0 Å². The van der Waals surface area contributed by atoms with Crippen molar-refractivity contribution in [3.63, 3.8) is 0 Å². The summed E-state index contributed by atoms with van der Waals surface area (Å²) < 4.78 is 4.80. The van der Waals surface area contributed by atoms with Gasteiger partial charge in [0, 0.05) is 20.7 Å². The molecule has 0 spiro atoms. The van der Waals surface area contributed by atoms with E-state index in [2.05, 4.69) is 10.6 Å². The molecule has 0 radical (unpaired) electrons. The van der Waals surface area contributed by atoms with Gasteiger partial charge in [-0.25, -0.2) is 11.7 Å². The molecular weight excluding hydrogens is 420 g/mol. The highest BCUT2D eigenvalue weighted by atomic mass is 32.1. The molecule has 29 heavy (non-hydrogen) atoms. The van der Waals surface area contributed by atoms with Crippen LogP contribution in [0.2, 0.25) is 0 Å². The summed E-state index contributed by atoms with van der Waals surface area (Å²) in [6, 6.07) is 6.26. The predicted octanol–water partition coefficient (Wildman–Crippen LogP) is -0.561. The topological polar surface area (TPSA) is 178 Å². The van der Waals surface area contributed by atoms with Gasteiger partial charge in [0.1, 0.15) is 0 Å². The Kier molecular flexibility index (Phi) is 10.5. The molecule has 0 fully saturated rings. The van der Waals surface area contributed by atoms with Gasteiger partial charge in [-0.3, -0.25) is 30.0 Å². The lowest BCUT2D eigenvalue weighted by molar-refractivity contribution is 0.0937. The smallest absolute Gasteiger partial charge is 0.275 e. The van der Waals surface area contributed by atoms with Gasteiger partial charge < -0.3 is 15.4 Å². The Morgan fingerprint density at radius 2 is 1.24 bits per heavy atom. The summed E-state index contributed by atoms with van der Waals surface area (Å²) in [5.41, 5.74) is 4.00. The molecule has 2 aromatic rings. The molecular formula is C16H22N6O5S2. The van der Waals surface area contributed by atoms with Gasteiger partial charge in [-0.2, -0.15) is 0 Å². The van der Waals surface area contributed by atoms with Crippen molar-refractivity contribution >= 4 is 46.3 Å². The fraction of sp³-hybridized carbons (Fsp3) is 0.250. The molecule has 2 heterocycles. The van der Waals surface area contributed by atoms with Crippen LogP contribution < -0.4 is 33.2 Å². The standard InChI is InChI=1S/C9H13N3O3S.C7H9N3O2S/c1-15-5-4-11-8(13)6-2-3-7(16-6)9(14)12-10;1-9-6(11)4-2-3-5(13-4)7(12)10-8/h2-3H,4-5,10H2,1H3,(H,11,13)(H,12,14);2-3H,8H2,1H3,(H,9,11)(H,10,12). The van der Waals surface area contributed by atoms with Gasteiger partial charge in [-0.05, 0) is 24.3 Å². The summed E-state index contributed by atoms with van der Waals surface area (Å²) in [6.45, 7) is 0.888. The molecule has 0 atom stereocenters. The van der Waals surface area contributed by atoms with E-state index in [-0.39, 0.29) is 17.7 Å². The normalized spacial score (nSPS) is 9.66. The Labute approximate surface area is 174 Å². The van der Waals surface area contributed by atoms with Gasteiger partial charge in [0.15, 0.2) is 0 Å². The molecule has 0 aromatic carbocycles. The summed E-state index contributed by atoms with van der Waals surface area (Å²) in [5.74, 6) is 8.68. The number of hydrogen-bond acceptors (Lipinski definition) is 9. The van der Waals surface area contributed by atoms with Crippen LogP contribution in [0.1, 0.15) is 38.7 Å². The fourth-order valence-electron chi connectivity index (χ4n) is 1.78. The van der Waals surface area contributed by atoms with Crippen LogP contribution in [0.5, 0.6) is 0 Å². The molecule has 158 valence electrons. The lowest BCUT2D eigenvalue weighted by Crippen LogP contribution is -2.29. The number of ether oxygens (including phenoxy) is 1. The van der Waals surface area contributed by atoms with Crippen LogP contribution >= 0.6 is 22.7 Å². The quantitative estimate of drug-likeness (QED) is 0.144. The van der Waals surface area contributed by atoms with Crippen molar-refractivity contribution in [3.8, 4) is 0 Å². The average molecular weight is 443 g/mol. The maximum Gasteiger partial charge on any atom is 0.275 e. The molecule has 0 aliphatic heterocycles. The zero-order chi connectivity index (χ0) is 21.8. The molecule has 0 unspecified atom stereocenters. The number of nitrogens with one attached hydrogen (secondary N) is 4. The van der Waals surface area contributed by atoms with E-state index in [1.165, 1.54) is 7.05 Å². The summed E-state index contributed by atoms with van der Waals surface area (Å²) in [7, 11) is 3.09. The van der Waals surface area contributed by atoms with Crippen LogP contribution in [0.3, 0.4) is 0 Å². The third kappa shape index (κ3) is 7.59. The van der Waals surface area contributed by atoms with Crippen LogP contribution in [-0.2, 0) is 4.74 Å². The minimum absolute atomic E-state index is 0.207. The van der Waals surface area contributed by atoms with E-state index in [1.807, 2.05) is 10.9 Å². The van der Waals surface area contributed by atoms with Crippen LogP contribution in [0.25, 0.3) is 0 Å². The van der Waals surface area contributed by atoms with E-state index in [0.717, 1.165) is 22.7 Å². The molecule has 4 amide bonds. The monoisotopic (exact) mass is 442 g/mol. The zero-order valence-corrected chi connectivity index (χ0v) is 17.4. The minimum atomic E-state index is -0.402. The molecule has 2 rings (SSSR count). The Morgan fingerprint density at radius 1 is 0.828 bits per heavy atom. The molecule has 0 bridgehead atoms. The third-order valence-electron chi connectivity index (χ3n) is 3.19. The number of methoxy groups -OCH3 is 1. The maximum atomic E-state index is 11.5. The van der Waals surface area contributed by atoms with Crippen molar-refractivity contribution in [3.05, 3.63) is 43.8 Å². The second-order valence-corrected chi connectivity index (χ2v) is 7.27. The van der Waals surface area contributed by atoms with E-state index in [1.54, 1.807) is 31.4 Å². The number of carbonyl (C=O) groups excluding carboxylic acids is 4. The van der Waals surface area contributed by atoms with Gasteiger partial charge in [-0.15, -0.1) is 22.7 Å². The summed E-state index contributed by atoms with van der Waals surface area (Å²) in [5, 5.41) is 5.11. The molecule has 2 aromatic heterocycles. The summed E-state index contributed by atoms with van der Waals surface area (Å²) in [6.07, 6.45) is 0. The van der Waals surface area contributed by atoms with Crippen molar-refractivity contribution in [1.82, 2.24) is 21.5 Å². The highest BCUT2D eigenvalue weighted by Gasteiger charge is 2.12. The first-order chi connectivity index (χ1) is 13.9. The number of hydrazine groups is 2. The lowest BCUT2D eigenvalue weighted by Gasteiger charge is -2.01. The highest BCUT2D eigenvalue weighted by molar-refractivity contribution is 7.16. The van der Waals surface area contributed by atoms with Crippen molar-refractivity contribution in [1.29, 1.82) is 0 Å². The number of carbonyl (C=O) groups is 4. The molecule has 13 heteroatoms. The SMILES string of the molecule is CNC(=O)c1ccc(C(=O)NN)s1.COCCNC(=O)c1ccc(C(=O)NN)s1. The molecule has 0 saturated heterocycles. The first-order valence-electron chi connectivity index (χ1n) is 8.08. The van der Waals surface area contributed by atoms with Crippen molar-refractivity contribution < 1.29 is 23.9 Å². The van der Waals surface area contributed by atoms with E-state index in [4.69, 9.17) is 16.4 Å². The molecule has 0 aliphatic carbocycles. The van der Waals surface area contributed by atoms with Crippen LogP contribution in [-0.4, -0.2) is 50.9 Å². The lowest BCUT2D eigenvalue weighted by atomic mass is 10.4. The van der Waals surface area contributed by atoms with Gasteiger partial charge in [0.2, 0.25) is 0 Å². The number of rotatable bonds is 7. The first kappa shape index (κ1) is 24.2. The second kappa shape index (κ2) is 12.6. The summed E-state index contributed by atoms with van der Waals surface area (Å²) in [4.78, 5) is 46.5. The fourth-order valence-corrected chi connectivity index (χ4v) is 3.46. The third-order valence-corrected chi connectivity index (χ3v) is 5.35. The van der Waals surface area contributed by atoms with Crippen molar-refractivity contribution in [2.75, 3.05) is 27.3 Å². The predicted molar refractivity (Wildman–Crippen MR) is 110 cm³/mol. The van der Waals surface area contributed by atoms with E-state index in [0.29, 0.717) is 32.7 Å². The van der Waals surface area contributed by atoms with Gasteiger partial charge >= 0.3 is 0 Å². The zero-order valence-electron chi connectivity index (χ0n) is 15.7. The average Bonchev–Trinajstić information content (AvgIpc) is 3.42. The molecule has 0 saturated carbocycles. The Bertz CT molecular complexity index is 820. The summed E-state index contributed by atoms with van der Waals surface area (Å²) >= 11 is 2.18. The highest BCUT2D eigenvalue weighted by Crippen LogP contribution is 2.16. The Balaban J connectivity index is 0.000000296. The van der Waals surface area contributed by atoms with Crippen molar-refractivity contribution in [2.24, 2.45) is 11.7 Å². The van der Waals surface area contributed by atoms with E-state index < -0.39 is 5.91 Å². The molecule has 0 aliphatic rings. The van der Waals surface area contributed by atoms with Crippen LogP contribution in [0.15, 0.2) is 24.3 Å². The van der Waals surface area contributed by atoms with E-state index >= 15 is 0 Å². The first-order valence-corrected chi connectivity index (χ1v) is 9.72. The number of amides is 4. The number of thiophene rings is 2. The van der Waals surface area contributed by atoms with Gasteiger partial charge in [-0.1, -0.05) is 0 Å². The van der Waals surface area contributed by atoms with Gasteiger partial charge in [0.05, 0.1) is 26.1 Å². The minimum Gasteiger partial charge on any atom is -0.383 e. The Hall–Kier alpha value is -2.84. The van der Waals surface area contributed by atoms with Gasteiger partial charge in [0.25, 0.3) is 23.6 Å². The second-order valence-electron chi connectivity index (χ2n) is 5.10. The Morgan fingerprint density at radius 3 is 1.62 bits per heavy atom. The number of nitrogen functional groups attached to an aromatic ring is 2. The maximum absolute atomic E-state index is 11.5. The molecule has 11 nitrogen and oxygen atoms in total.